The second kappa shape index (κ2) is 9.35. The molecule has 1 aromatic rings. The van der Waals surface area contributed by atoms with Gasteiger partial charge in [0, 0.05) is 6.54 Å². The van der Waals surface area contributed by atoms with E-state index in [4.69, 9.17) is 10.00 Å². The zero-order valence-corrected chi connectivity index (χ0v) is 12.3. The summed E-state index contributed by atoms with van der Waals surface area (Å²) in [7, 11) is 0. The monoisotopic (exact) mass is 276 g/mol. The number of rotatable bonds is 9. The number of aliphatic hydroxyl groups is 1. The molecule has 4 heteroatoms. The van der Waals surface area contributed by atoms with Crippen molar-refractivity contribution in [3.05, 3.63) is 29.8 Å². The lowest BCUT2D eigenvalue weighted by molar-refractivity contribution is 0.105. The van der Waals surface area contributed by atoms with E-state index in [-0.39, 0.29) is 6.61 Å². The first-order valence-electron chi connectivity index (χ1n) is 7.21. The molecule has 0 aliphatic rings. The molecule has 1 aromatic carbocycles. The Kier molecular flexibility index (Phi) is 7.71. The lowest BCUT2D eigenvalue weighted by atomic mass is 10.0. The van der Waals surface area contributed by atoms with Crippen molar-refractivity contribution >= 4 is 0 Å². The molecule has 20 heavy (non-hydrogen) atoms. The highest BCUT2D eigenvalue weighted by molar-refractivity contribution is 5.36. The number of nitriles is 1. The third-order valence-corrected chi connectivity index (χ3v) is 3.37. The Morgan fingerprint density at radius 3 is 2.70 bits per heavy atom. The number of hydrogen-bond donors (Lipinski definition) is 2. The second-order valence-electron chi connectivity index (χ2n) is 4.95. The maximum atomic E-state index is 9.84. The maximum Gasteiger partial charge on any atom is 0.120 e. The van der Waals surface area contributed by atoms with Crippen LogP contribution in [0.4, 0.5) is 0 Å². The largest absolute Gasteiger partial charge is 0.491 e. The normalized spacial score (nSPS) is 12.2. The third-order valence-electron chi connectivity index (χ3n) is 3.37. The molecule has 1 unspecified atom stereocenters. The van der Waals surface area contributed by atoms with Gasteiger partial charge in [0.15, 0.2) is 0 Å². The van der Waals surface area contributed by atoms with Gasteiger partial charge < -0.3 is 15.2 Å². The van der Waals surface area contributed by atoms with E-state index in [0.717, 1.165) is 19.4 Å². The van der Waals surface area contributed by atoms with E-state index >= 15 is 0 Å². The second-order valence-corrected chi connectivity index (χ2v) is 4.95. The van der Waals surface area contributed by atoms with Crippen molar-refractivity contribution in [2.75, 3.05) is 19.7 Å². The van der Waals surface area contributed by atoms with Crippen molar-refractivity contribution in [3.63, 3.8) is 0 Å². The molecule has 0 spiro atoms. The number of benzene rings is 1. The summed E-state index contributed by atoms with van der Waals surface area (Å²) >= 11 is 0. The Morgan fingerprint density at radius 1 is 1.30 bits per heavy atom. The fourth-order valence-electron chi connectivity index (χ4n) is 1.94. The minimum absolute atomic E-state index is 0.227. The zero-order valence-electron chi connectivity index (χ0n) is 12.3. The molecule has 1 atom stereocenters. The highest BCUT2D eigenvalue weighted by atomic mass is 16.5. The van der Waals surface area contributed by atoms with Gasteiger partial charge in [-0.05, 0) is 30.7 Å². The minimum Gasteiger partial charge on any atom is -0.491 e. The summed E-state index contributed by atoms with van der Waals surface area (Å²) in [5, 5.41) is 21.9. The maximum absolute atomic E-state index is 9.84. The van der Waals surface area contributed by atoms with Crippen molar-refractivity contribution < 1.29 is 9.84 Å². The zero-order chi connectivity index (χ0) is 14.8. The fourth-order valence-corrected chi connectivity index (χ4v) is 1.94. The number of nitrogens with zero attached hydrogens (tertiary/aromatic N) is 1. The van der Waals surface area contributed by atoms with E-state index in [9.17, 15) is 5.11 Å². The number of hydrogen-bond acceptors (Lipinski definition) is 4. The molecule has 0 fully saturated rings. The average molecular weight is 276 g/mol. The van der Waals surface area contributed by atoms with Gasteiger partial charge >= 0.3 is 0 Å². The van der Waals surface area contributed by atoms with Crippen molar-refractivity contribution in [2.45, 2.75) is 32.8 Å². The van der Waals surface area contributed by atoms with Crippen LogP contribution in [-0.4, -0.2) is 30.9 Å². The molecule has 0 aliphatic carbocycles. The number of ether oxygens (including phenoxy) is 1. The first-order chi connectivity index (χ1) is 9.69. The quantitative estimate of drug-likeness (QED) is 0.726. The van der Waals surface area contributed by atoms with E-state index in [1.165, 1.54) is 0 Å². The Morgan fingerprint density at radius 2 is 2.05 bits per heavy atom. The minimum atomic E-state index is -0.546. The number of nitrogens with one attached hydrogen (secondary N) is 1. The Balaban J connectivity index is 2.25. The molecule has 0 aromatic heterocycles. The Bertz CT molecular complexity index is 425. The van der Waals surface area contributed by atoms with Crippen molar-refractivity contribution in [1.29, 1.82) is 5.26 Å². The summed E-state index contributed by atoms with van der Waals surface area (Å²) in [6.45, 7) is 6.03. The fraction of sp³-hybridized carbons (Fsp3) is 0.562. The highest BCUT2D eigenvalue weighted by Gasteiger charge is 2.07. The summed E-state index contributed by atoms with van der Waals surface area (Å²) in [6, 6.07) is 9.01. The van der Waals surface area contributed by atoms with E-state index in [0.29, 0.717) is 23.8 Å². The van der Waals surface area contributed by atoms with Crippen LogP contribution in [0, 0.1) is 17.2 Å². The van der Waals surface area contributed by atoms with Gasteiger partial charge in [-0.25, -0.2) is 0 Å². The van der Waals surface area contributed by atoms with E-state index in [1.54, 1.807) is 24.3 Å². The first-order valence-corrected chi connectivity index (χ1v) is 7.21. The van der Waals surface area contributed by atoms with Gasteiger partial charge in [0.2, 0.25) is 0 Å². The highest BCUT2D eigenvalue weighted by Crippen LogP contribution is 2.12. The molecular weight excluding hydrogens is 252 g/mol. The third kappa shape index (κ3) is 6.05. The molecule has 0 radical (unpaired) electrons. The Hall–Kier alpha value is -1.57. The summed E-state index contributed by atoms with van der Waals surface area (Å²) < 4.78 is 5.48. The topological polar surface area (TPSA) is 65.3 Å². The standard InChI is InChI=1S/C16H24N2O2/c1-3-13(4-2)10-18-11-15(19)12-20-16-7-5-6-14(8-16)9-17/h5-8,13,15,18-19H,3-4,10-12H2,1-2H3. The number of aliphatic hydroxyl groups excluding tert-OH is 1. The smallest absolute Gasteiger partial charge is 0.120 e. The van der Waals surface area contributed by atoms with Crippen LogP contribution in [-0.2, 0) is 0 Å². The lowest BCUT2D eigenvalue weighted by Gasteiger charge is -2.16. The van der Waals surface area contributed by atoms with Gasteiger partial charge in [-0.15, -0.1) is 0 Å². The molecule has 0 saturated carbocycles. The molecule has 0 bridgehead atoms. The average Bonchev–Trinajstić information content (AvgIpc) is 2.49. The summed E-state index contributed by atoms with van der Waals surface area (Å²) in [4.78, 5) is 0. The van der Waals surface area contributed by atoms with Crippen LogP contribution in [0.15, 0.2) is 24.3 Å². The van der Waals surface area contributed by atoms with Gasteiger partial charge in [-0.1, -0.05) is 32.8 Å². The van der Waals surface area contributed by atoms with Crippen molar-refractivity contribution in [2.24, 2.45) is 5.92 Å². The first kappa shape index (κ1) is 16.5. The van der Waals surface area contributed by atoms with Crippen LogP contribution >= 0.6 is 0 Å². The molecule has 0 saturated heterocycles. The van der Waals surface area contributed by atoms with Crippen LogP contribution in [0.5, 0.6) is 5.75 Å². The van der Waals surface area contributed by atoms with Crippen LogP contribution in [0.25, 0.3) is 0 Å². The van der Waals surface area contributed by atoms with Crippen LogP contribution in [0.2, 0.25) is 0 Å². The van der Waals surface area contributed by atoms with E-state index in [1.807, 2.05) is 0 Å². The molecule has 0 heterocycles. The van der Waals surface area contributed by atoms with Gasteiger partial charge in [-0.2, -0.15) is 5.26 Å². The summed E-state index contributed by atoms with van der Waals surface area (Å²) in [6.07, 6.45) is 1.75. The van der Waals surface area contributed by atoms with E-state index < -0.39 is 6.10 Å². The van der Waals surface area contributed by atoms with Crippen molar-refractivity contribution in [3.8, 4) is 11.8 Å². The molecular formula is C16H24N2O2. The molecule has 4 nitrogen and oxygen atoms in total. The van der Waals surface area contributed by atoms with Crippen molar-refractivity contribution in [1.82, 2.24) is 5.32 Å². The summed E-state index contributed by atoms with van der Waals surface area (Å²) in [5.41, 5.74) is 0.559. The van der Waals surface area contributed by atoms with Gasteiger partial charge in [0.25, 0.3) is 0 Å². The SMILES string of the molecule is CCC(CC)CNCC(O)COc1cccc(C#N)c1. The predicted molar refractivity (Wildman–Crippen MR) is 79.6 cm³/mol. The lowest BCUT2D eigenvalue weighted by Crippen LogP contribution is -2.34. The molecule has 0 aliphatic heterocycles. The molecule has 0 amide bonds. The van der Waals surface area contributed by atoms with Gasteiger partial charge in [-0.3, -0.25) is 0 Å². The van der Waals surface area contributed by atoms with Crippen LogP contribution in [0.3, 0.4) is 0 Å². The Labute approximate surface area is 121 Å². The summed E-state index contributed by atoms with van der Waals surface area (Å²) in [5.74, 6) is 1.28. The molecule has 110 valence electrons. The van der Waals surface area contributed by atoms with E-state index in [2.05, 4.69) is 25.2 Å². The van der Waals surface area contributed by atoms with Crippen LogP contribution < -0.4 is 10.1 Å². The predicted octanol–water partition coefficient (Wildman–Crippen LogP) is 2.32. The molecule has 2 N–H and O–H groups in total. The molecule has 1 rings (SSSR count). The van der Waals surface area contributed by atoms with Gasteiger partial charge in [0.1, 0.15) is 18.5 Å². The van der Waals surface area contributed by atoms with Gasteiger partial charge in [0.05, 0.1) is 11.6 Å². The van der Waals surface area contributed by atoms with Crippen LogP contribution in [0.1, 0.15) is 32.3 Å².